The zero-order valence-corrected chi connectivity index (χ0v) is 20.2. The minimum Gasteiger partial charge on any atom is -0.497 e. The maximum atomic E-state index is 12.9. The molecule has 0 aliphatic rings. The number of amides is 1. The first-order chi connectivity index (χ1) is 17.1. The van der Waals surface area contributed by atoms with Crippen molar-refractivity contribution in [1.82, 2.24) is 14.9 Å². The summed E-state index contributed by atoms with van der Waals surface area (Å²) >= 11 is 1.31. The lowest BCUT2D eigenvalue weighted by molar-refractivity contribution is 0.0950. The number of thioether (sulfide) groups is 1. The zero-order chi connectivity index (χ0) is 24.6. The third kappa shape index (κ3) is 5.91. The van der Waals surface area contributed by atoms with Crippen molar-refractivity contribution in [1.29, 1.82) is 0 Å². The molecule has 0 fully saturated rings. The molecule has 0 radical (unpaired) electrons. The normalized spacial score (nSPS) is 10.6. The van der Waals surface area contributed by atoms with Crippen LogP contribution < -0.4 is 14.8 Å². The van der Waals surface area contributed by atoms with Gasteiger partial charge in [0.15, 0.2) is 10.9 Å². The summed E-state index contributed by atoms with van der Waals surface area (Å²) in [6.07, 6.45) is 3.47. The summed E-state index contributed by atoms with van der Waals surface area (Å²) in [5.41, 5.74) is 2.81. The van der Waals surface area contributed by atoms with E-state index in [0.717, 1.165) is 11.3 Å². The molecule has 0 unspecified atom stereocenters. The second-order valence-electron chi connectivity index (χ2n) is 7.58. The fourth-order valence-electron chi connectivity index (χ4n) is 3.51. The summed E-state index contributed by atoms with van der Waals surface area (Å²) in [6.45, 7) is 0.450. The third-order valence-electron chi connectivity index (χ3n) is 5.33. The molecule has 1 N–H and O–H groups in total. The molecule has 35 heavy (non-hydrogen) atoms. The molecule has 0 bridgehead atoms. The molecular formula is C27H25N3O4S. The Morgan fingerprint density at radius 3 is 2.57 bits per heavy atom. The van der Waals surface area contributed by atoms with Crippen molar-refractivity contribution in [3.05, 3.63) is 102 Å². The maximum absolute atomic E-state index is 12.9. The number of ketones is 1. The molecule has 0 saturated heterocycles. The Labute approximate surface area is 208 Å². The van der Waals surface area contributed by atoms with Gasteiger partial charge in [0, 0.05) is 30.2 Å². The second-order valence-corrected chi connectivity index (χ2v) is 8.52. The van der Waals surface area contributed by atoms with Crippen LogP contribution in [0.4, 0.5) is 0 Å². The molecule has 4 rings (SSSR count). The number of benzene rings is 3. The van der Waals surface area contributed by atoms with Crippen LogP contribution in [0.2, 0.25) is 0 Å². The van der Waals surface area contributed by atoms with Gasteiger partial charge in [0.25, 0.3) is 5.91 Å². The number of imidazole rings is 1. The number of rotatable bonds is 10. The number of carbonyl (C=O) groups excluding carboxylic acids is 2. The Kier molecular flexibility index (Phi) is 7.84. The largest absolute Gasteiger partial charge is 0.497 e. The molecule has 0 saturated carbocycles. The van der Waals surface area contributed by atoms with E-state index in [0.29, 0.717) is 34.3 Å². The van der Waals surface area contributed by atoms with E-state index in [1.165, 1.54) is 18.9 Å². The van der Waals surface area contributed by atoms with Crippen molar-refractivity contribution in [3.63, 3.8) is 0 Å². The van der Waals surface area contributed by atoms with Crippen LogP contribution in [-0.4, -0.2) is 41.2 Å². The van der Waals surface area contributed by atoms with Crippen LogP contribution in [0.25, 0.3) is 5.69 Å². The summed E-state index contributed by atoms with van der Waals surface area (Å²) in [6, 6.07) is 22.2. The van der Waals surface area contributed by atoms with Crippen LogP contribution in [0.15, 0.2) is 90.3 Å². The molecule has 7 nitrogen and oxygen atoms in total. The fraction of sp³-hybridized carbons (Fsp3) is 0.148. The van der Waals surface area contributed by atoms with Gasteiger partial charge in [0.1, 0.15) is 11.5 Å². The number of hydrogen-bond donors (Lipinski definition) is 1. The number of methoxy groups -OCH3 is 2. The van der Waals surface area contributed by atoms with Crippen molar-refractivity contribution in [3.8, 4) is 17.2 Å². The first-order valence-electron chi connectivity index (χ1n) is 10.9. The van der Waals surface area contributed by atoms with Crippen LogP contribution in [0.1, 0.15) is 26.3 Å². The number of nitrogens with zero attached hydrogens (tertiary/aromatic N) is 2. The van der Waals surface area contributed by atoms with E-state index in [-0.39, 0.29) is 17.4 Å². The van der Waals surface area contributed by atoms with Crippen molar-refractivity contribution < 1.29 is 19.1 Å². The number of Topliss-reactive ketones (excluding diaryl/α,β-unsaturated/α-hetero) is 1. The highest BCUT2D eigenvalue weighted by Gasteiger charge is 2.16. The Balaban J connectivity index is 1.46. The van der Waals surface area contributed by atoms with Crippen molar-refractivity contribution in [2.45, 2.75) is 11.7 Å². The lowest BCUT2D eigenvalue weighted by atomic mass is 10.1. The number of hydrogen-bond acceptors (Lipinski definition) is 6. The predicted molar refractivity (Wildman–Crippen MR) is 136 cm³/mol. The monoisotopic (exact) mass is 487 g/mol. The summed E-state index contributed by atoms with van der Waals surface area (Å²) in [5.74, 6) is 0.981. The van der Waals surface area contributed by atoms with Gasteiger partial charge in [-0.3, -0.25) is 14.2 Å². The van der Waals surface area contributed by atoms with E-state index >= 15 is 0 Å². The molecule has 0 aliphatic heterocycles. The van der Waals surface area contributed by atoms with Crippen molar-refractivity contribution in [2.75, 3.05) is 20.0 Å². The second kappa shape index (κ2) is 11.4. The maximum Gasteiger partial charge on any atom is 0.251 e. The predicted octanol–water partition coefficient (Wildman–Crippen LogP) is 4.79. The molecule has 1 heterocycles. The molecule has 1 amide bonds. The van der Waals surface area contributed by atoms with Crippen LogP contribution in [-0.2, 0) is 6.54 Å². The molecule has 0 atom stereocenters. The lowest BCUT2D eigenvalue weighted by Crippen LogP contribution is -2.22. The van der Waals surface area contributed by atoms with Gasteiger partial charge < -0.3 is 14.8 Å². The van der Waals surface area contributed by atoms with Gasteiger partial charge in [-0.2, -0.15) is 0 Å². The number of carbonyl (C=O) groups is 2. The average molecular weight is 488 g/mol. The zero-order valence-electron chi connectivity index (χ0n) is 19.4. The molecule has 1 aromatic heterocycles. The van der Waals surface area contributed by atoms with Gasteiger partial charge in [-0.1, -0.05) is 48.2 Å². The van der Waals surface area contributed by atoms with Crippen molar-refractivity contribution in [2.24, 2.45) is 0 Å². The first-order valence-corrected chi connectivity index (χ1v) is 11.9. The van der Waals surface area contributed by atoms with E-state index in [1.807, 2.05) is 47.0 Å². The quantitative estimate of drug-likeness (QED) is 0.256. The SMILES string of the molecule is COc1ccc(OC)c(C(=O)CSc2nccn2-c2cccc(C(=O)NCc3ccccc3)c2)c1. The van der Waals surface area contributed by atoms with Gasteiger partial charge in [0.2, 0.25) is 0 Å². The van der Waals surface area contributed by atoms with E-state index in [4.69, 9.17) is 9.47 Å². The van der Waals surface area contributed by atoms with E-state index < -0.39 is 0 Å². The molecule has 3 aromatic carbocycles. The van der Waals surface area contributed by atoms with Gasteiger partial charge in [-0.25, -0.2) is 4.98 Å². The molecule has 8 heteroatoms. The highest BCUT2D eigenvalue weighted by Crippen LogP contribution is 2.27. The standard InChI is InChI=1S/C27H25N3O4S/c1-33-22-11-12-25(34-2)23(16-22)24(31)18-35-27-28-13-14-30(27)21-10-6-9-20(15-21)26(32)29-17-19-7-4-3-5-8-19/h3-16H,17-18H2,1-2H3,(H,29,32). The minimum atomic E-state index is -0.162. The summed E-state index contributed by atoms with van der Waals surface area (Å²) in [4.78, 5) is 30.0. The number of aromatic nitrogens is 2. The minimum absolute atomic E-state index is 0.102. The molecule has 4 aromatic rings. The van der Waals surface area contributed by atoms with E-state index in [1.54, 1.807) is 49.8 Å². The summed E-state index contributed by atoms with van der Waals surface area (Å²) in [5, 5.41) is 3.59. The highest BCUT2D eigenvalue weighted by molar-refractivity contribution is 7.99. The summed E-state index contributed by atoms with van der Waals surface area (Å²) < 4.78 is 12.4. The Bertz CT molecular complexity index is 1320. The van der Waals surface area contributed by atoms with Crippen LogP contribution in [0.5, 0.6) is 11.5 Å². The Morgan fingerprint density at radius 1 is 0.971 bits per heavy atom. The number of nitrogens with one attached hydrogen (secondary N) is 1. The lowest BCUT2D eigenvalue weighted by Gasteiger charge is -2.11. The molecular weight excluding hydrogens is 462 g/mol. The average Bonchev–Trinajstić information content (AvgIpc) is 3.39. The van der Waals surface area contributed by atoms with Gasteiger partial charge in [-0.05, 0) is 42.0 Å². The number of ether oxygens (including phenoxy) is 2. The van der Waals surface area contributed by atoms with Gasteiger partial charge >= 0.3 is 0 Å². The smallest absolute Gasteiger partial charge is 0.251 e. The Morgan fingerprint density at radius 2 is 1.80 bits per heavy atom. The molecule has 0 spiro atoms. The van der Waals surface area contributed by atoms with Crippen LogP contribution in [0, 0.1) is 0 Å². The van der Waals surface area contributed by atoms with Gasteiger partial charge in [-0.15, -0.1) is 0 Å². The highest BCUT2D eigenvalue weighted by atomic mass is 32.2. The molecule has 178 valence electrons. The topological polar surface area (TPSA) is 82.5 Å². The molecule has 0 aliphatic carbocycles. The Hall–Kier alpha value is -4.04. The van der Waals surface area contributed by atoms with Crippen LogP contribution >= 0.6 is 11.8 Å². The van der Waals surface area contributed by atoms with E-state index in [2.05, 4.69) is 10.3 Å². The third-order valence-corrected chi connectivity index (χ3v) is 6.30. The van der Waals surface area contributed by atoms with E-state index in [9.17, 15) is 9.59 Å². The van der Waals surface area contributed by atoms with Gasteiger partial charge in [0.05, 0.1) is 25.5 Å². The summed E-state index contributed by atoms with van der Waals surface area (Å²) in [7, 11) is 3.08. The van der Waals surface area contributed by atoms with Crippen LogP contribution in [0.3, 0.4) is 0 Å². The first kappa shape index (κ1) is 24.1. The fourth-order valence-corrected chi connectivity index (χ4v) is 4.37. The van der Waals surface area contributed by atoms with Crippen molar-refractivity contribution >= 4 is 23.5 Å².